The van der Waals surface area contributed by atoms with Gasteiger partial charge in [0.15, 0.2) is 0 Å². The highest BCUT2D eigenvalue weighted by molar-refractivity contribution is 5.93. The van der Waals surface area contributed by atoms with Crippen LogP contribution in [0, 0.1) is 11.8 Å². The molecule has 0 aromatic carbocycles. The Bertz CT molecular complexity index is 626. The van der Waals surface area contributed by atoms with Crippen LogP contribution in [0.1, 0.15) is 49.9 Å². The zero-order valence-electron chi connectivity index (χ0n) is 15.7. The fourth-order valence-corrected chi connectivity index (χ4v) is 3.85. The lowest BCUT2D eigenvalue weighted by Gasteiger charge is -2.50. The number of nitrogens with zero attached hydrogens (tertiary/aromatic N) is 2. The molecule has 1 N–H and O–H groups in total. The summed E-state index contributed by atoms with van der Waals surface area (Å²) in [7, 11) is 0. The van der Waals surface area contributed by atoms with E-state index in [-0.39, 0.29) is 17.4 Å². The molecular formula is C20H29N3O3. The summed E-state index contributed by atoms with van der Waals surface area (Å²) in [6.07, 6.45) is 6.68. The van der Waals surface area contributed by atoms with Crippen LogP contribution in [-0.2, 0) is 9.53 Å². The van der Waals surface area contributed by atoms with Crippen molar-refractivity contribution in [1.82, 2.24) is 15.2 Å². The Morgan fingerprint density at radius 3 is 2.77 bits per heavy atom. The van der Waals surface area contributed by atoms with Crippen molar-refractivity contribution in [3.63, 3.8) is 0 Å². The van der Waals surface area contributed by atoms with Gasteiger partial charge >= 0.3 is 0 Å². The highest BCUT2D eigenvalue weighted by Gasteiger charge is 2.53. The van der Waals surface area contributed by atoms with E-state index in [1.54, 1.807) is 24.5 Å². The van der Waals surface area contributed by atoms with Crippen LogP contribution in [-0.4, -0.2) is 53.5 Å². The van der Waals surface area contributed by atoms with E-state index in [2.05, 4.69) is 24.1 Å². The van der Waals surface area contributed by atoms with Crippen LogP contribution in [0.25, 0.3) is 0 Å². The molecule has 2 fully saturated rings. The molecular weight excluding hydrogens is 330 g/mol. The van der Waals surface area contributed by atoms with Crippen LogP contribution in [0.5, 0.6) is 0 Å². The maximum absolute atomic E-state index is 12.2. The number of pyridine rings is 1. The number of carbonyl (C=O) groups is 2. The Hall–Kier alpha value is -1.95. The van der Waals surface area contributed by atoms with Crippen LogP contribution in [0.15, 0.2) is 24.5 Å². The fourth-order valence-electron chi connectivity index (χ4n) is 3.85. The summed E-state index contributed by atoms with van der Waals surface area (Å²) in [5.74, 6) is 1.12. The zero-order valence-corrected chi connectivity index (χ0v) is 15.7. The normalized spacial score (nSPS) is 21.0. The van der Waals surface area contributed by atoms with Gasteiger partial charge in [-0.1, -0.05) is 13.8 Å². The molecule has 6 nitrogen and oxygen atoms in total. The molecule has 0 radical (unpaired) electrons. The Balaban J connectivity index is 1.43. The van der Waals surface area contributed by atoms with E-state index in [0.717, 1.165) is 25.9 Å². The van der Waals surface area contributed by atoms with Gasteiger partial charge in [0, 0.05) is 37.5 Å². The first-order valence-electron chi connectivity index (χ1n) is 9.60. The van der Waals surface area contributed by atoms with Crippen molar-refractivity contribution >= 4 is 11.8 Å². The molecule has 0 bridgehead atoms. The van der Waals surface area contributed by atoms with Crippen molar-refractivity contribution in [2.75, 3.05) is 26.2 Å². The maximum atomic E-state index is 12.2. The van der Waals surface area contributed by atoms with Gasteiger partial charge in [0.2, 0.25) is 5.91 Å². The second-order valence-corrected chi connectivity index (χ2v) is 7.86. The van der Waals surface area contributed by atoms with Crippen LogP contribution < -0.4 is 5.32 Å². The molecule has 3 heterocycles. The number of hydrogen-bond donors (Lipinski definition) is 1. The molecule has 1 aromatic rings. The summed E-state index contributed by atoms with van der Waals surface area (Å²) >= 11 is 0. The number of amides is 2. The first kappa shape index (κ1) is 18.8. The minimum atomic E-state index is -0.186. The molecule has 1 spiro atoms. The fraction of sp³-hybridized carbons (Fsp3) is 0.650. The third kappa shape index (κ3) is 4.23. The van der Waals surface area contributed by atoms with Gasteiger partial charge in [-0.05, 0) is 43.2 Å². The molecule has 1 atom stereocenters. The minimum absolute atomic E-state index is 0.0699. The van der Waals surface area contributed by atoms with Gasteiger partial charge in [-0.25, -0.2) is 0 Å². The molecule has 26 heavy (non-hydrogen) atoms. The molecule has 0 saturated carbocycles. The highest BCUT2D eigenvalue weighted by atomic mass is 16.5. The molecule has 0 aliphatic carbocycles. The Morgan fingerprint density at radius 1 is 1.35 bits per heavy atom. The number of carbonyl (C=O) groups excluding carboxylic acids is 2. The minimum Gasteiger partial charge on any atom is -0.371 e. The van der Waals surface area contributed by atoms with E-state index in [1.165, 1.54) is 0 Å². The number of hydrogen-bond acceptors (Lipinski definition) is 4. The molecule has 2 aliphatic heterocycles. The van der Waals surface area contributed by atoms with Crippen molar-refractivity contribution in [3.05, 3.63) is 30.1 Å². The van der Waals surface area contributed by atoms with E-state index >= 15 is 0 Å². The van der Waals surface area contributed by atoms with E-state index in [9.17, 15) is 9.59 Å². The van der Waals surface area contributed by atoms with Crippen LogP contribution in [0.4, 0.5) is 0 Å². The molecule has 0 unspecified atom stereocenters. The smallest absolute Gasteiger partial charge is 0.251 e. The molecule has 1 aromatic heterocycles. The Kier molecular flexibility index (Phi) is 5.91. The average molecular weight is 359 g/mol. The van der Waals surface area contributed by atoms with Crippen molar-refractivity contribution in [2.24, 2.45) is 11.8 Å². The molecule has 3 rings (SSSR count). The number of aromatic nitrogens is 1. The predicted octanol–water partition coefficient (Wildman–Crippen LogP) is 2.26. The lowest BCUT2D eigenvalue weighted by Crippen LogP contribution is -2.66. The zero-order chi connectivity index (χ0) is 18.6. The molecule has 2 saturated heterocycles. The summed E-state index contributed by atoms with van der Waals surface area (Å²) in [6, 6.07) is 3.42. The lowest BCUT2D eigenvalue weighted by atomic mass is 9.78. The van der Waals surface area contributed by atoms with Gasteiger partial charge < -0.3 is 15.0 Å². The van der Waals surface area contributed by atoms with Gasteiger partial charge in [0.05, 0.1) is 13.1 Å². The summed E-state index contributed by atoms with van der Waals surface area (Å²) in [4.78, 5) is 30.2. The first-order chi connectivity index (χ1) is 12.5. The Labute approximate surface area is 155 Å². The standard InChI is InChI=1S/C20H29N3O3/c1-15(2)3-4-18(24)23-13-20(14-23)17(8-12-26-20)7-11-22-19(25)16-5-9-21-10-6-16/h5-6,9-10,15,17H,3-4,7-8,11-14H2,1-2H3,(H,22,25)/t17-/m1/s1. The Morgan fingerprint density at radius 2 is 2.08 bits per heavy atom. The van der Waals surface area contributed by atoms with Crippen molar-refractivity contribution in [3.8, 4) is 0 Å². The summed E-state index contributed by atoms with van der Waals surface area (Å²) < 4.78 is 6.02. The van der Waals surface area contributed by atoms with Crippen LogP contribution in [0.2, 0.25) is 0 Å². The second-order valence-electron chi connectivity index (χ2n) is 7.86. The van der Waals surface area contributed by atoms with Gasteiger partial charge in [-0.2, -0.15) is 0 Å². The van der Waals surface area contributed by atoms with Gasteiger partial charge in [0.25, 0.3) is 5.91 Å². The molecule has 2 aliphatic rings. The third-order valence-electron chi connectivity index (χ3n) is 5.53. The van der Waals surface area contributed by atoms with Gasteiger partial charge in [0.1, 0.15) is 5.60 Å². The lowest BCUT2D eigenvalue weighted by molar-refractivity contribution is -0.165. The van der Waals surface area contributed by atoms with E-state index in [0.29, 0.717) is 43.5 Å². The number of likely N-dealkylation sites (tertiary alicyclic amines) is 1. The van der Waals surface area contributed by atoms with Crippen LogP contribution in [0.3, 0.4) is 0 Å². The SMILES string of the molecule is CC(C)CCC(=O)N1CC2(C1)OCC[C@H]2CCNC(=O)c1ccncc1. The summed E-state index contributed by atoms with van der Waals surface area (Å²) in [5, 5.41) is 2.98. The number of ether oxygens (including phenoxy) is 1. The van der Waals surface area contributed by atoms with Crippen molar-refractivity contribution in [1.29, 1.82) is 0 Å². The average Bonchev–Trinajstić information content (AvgIpc) is 3.03. The number of rotatable bonds is 7. The summed E-state index contributed by atoms with van der Waals surface area (Å²) in [6.45, 7) is 7.05. The highest BCUT2D eigenvalue weighted by Crippen LogP contribution is 2.41. The van der Waals surface area contributed by atoms with Gasteiger partial charge in [-0.15, -0.1) is 0 Å². The predicted molar refractivity (Wildman–Crippen MR) is 98.6 cm³/mol. The van der Waals surface area contributed by atoms with E-state index in [4.69, 9.17) is 4.74 Å². The van der Waals surface area contributed by atoms with Crippen molar-refractivity contribution in [2.45, 2.75) is 45.1 Å². The van der Waals surface area contributed by atoms with Gasteiger partial charge in [-0.3, -0.25) is 14.6 Å². The molecule has 6 heteroatoms. The van der Waals surface area contributed by atoms with E-state index in [1.807, 2.05) is 4.90 Å². The van der Waals surface area contributed by atoms with Crippen molar-refractivity contribution < 1.29 is 14.3 Å². The van der Waals surface area contributed by atoms with Crippen LogP contribution >= 0.6 is 0 Å². The summed E-state index contributed by atoms with van der Waals surface area (Å²) in [5.41, 5.74) is 0.442. The molecule has 2 amide bonds. The maximum Gasteiger partial charge on any atom is 0.251 e. The second kappa shape index (κ2) is 8.16. The third-order valence-corrected chi connectivity index (χ3v) is 5.53. The largest absolute Gasteiger partial charge is 0.371 e. The molecule has 142 valence electrons. The topological polar surface area (TPSA) is 71.5 Å². The monoisotopic (exact) mass is 359 g/mol. The number of nitrogens with one attached hydrogen (secondary N) is 1. The first-order valence-corrected chi connectivity index (χ1v) is 9.60. The quantitative estimate of drug-likeness (QED) is 0.811. The van der Waals surface area contributed by atoms with E-state index < -0.39 is 0 Å².